The van der Waals surface area contributed by atoms with Crippen LogP contribution in [0.25, 0.3) is 0 Å². The van der Waals surface area contributed by atoms with Gasteiger partial charge in [0.25, 0.3) is 0 Å². The lowest BCUT2D eigenvalue weighted by atomic mass is 10.2. The zero-order chi connectivity index (χ0) is 17.7. The van der Waals surface area contributed by atoms with Gasteiger partial charge in [0.2, 0.25) is 0 Å². The summed E-state index contributed by atoms with van der Waals surface area (Å²) in [5.74, 6) is -0.179. The summed E-state index contributed by atoms with van der Waals surface area (Å²) < 4.78 is 29.2. The summed E-state index contributed by atoms with van der Waals surface area (Å²) >= 11 is 0. The normalized spacial score (nSPS) is 19.8. The smallest absolute Gasteiger partial charge is 0.335 e. The number of rotatable bonds is 8. The van der Waals surface area contributed by atoms with Gasteiger partial charge in [-0.05, 0) is 38.7 Å². The Morgan fingerprint density at radius 3 is 2.67 bits per heavy atom. The zero-order valence-electron chi connectivity index (χ0n) is 14.0. The Morgan fingerprint density at radius 2 is 2.08 bits per heavy atom. The summed E-state index contributed by atoms with van der Waals surface area (Å²) in [6, 6.07) is 6.24. The van der Waals surface area contributed by atoms with Crippen LogP contribution in [0.5, 0.6) is 5.75 Å². The molecule has 24 heavy (non-hydrogen) atoms. The molecule has 1 fully saturated rings. The van der Waals surface area contributed by atoms with Crippen LogP contribution in [0.2, 0.25) is 0 Å². The van der Waals surface area contributed by atoms with Crippen LogP contribution < -0.4 is 4.74 Å². The average Bonchev–Trinajstić information content (AvgIpc) is 2.87. The third-order valence-electron chi connectivity index (χ3n) is 4.04. The summed E-state index contributed by atoms with van der Waals surface area (Å²) in [5.41, 5.74) is 0.163. The van der Waals surface area contributed by atoms with Gasteiger partial charge in [-0.25, -0.2) is 13.2 Å². The minimum absolute atomic E-state index is 0.0578. The number of likely N-dealkylation sites (N-methyl/N-ethyl adjacent to an activating group) is 1. The molecule has 1 heterocycles. The molecule has 1 aliphatic heterocycles. The van der Waals surface area contributed by atoms with Gasteiger partial charge in [0.15, 0.2) is 9.84 Å². The molecule has 0 radical (unpaired) electrons. The molecular weight excluding hydrogens is 332 g/mol. The molecule has 0 spiro atoms. The van der Waals surface area contributed by atoms with Crippen molar-refractivity contribution in [3.63, 3.8) is 0 Å². The second kappa shape index (κ2) is 7.96. The standard InChI is InChI=1S/C16H24N2O5S/c1-17(2)7-8-18(14-6-9-24(21,22)11-14)12-23-15-5-3-4-13(10-15)16(19)20/h3-5,10,14H,6-9,11-12H2,1-2H3,(H,19,20). The van der Waals surface area contributed by atoms with Crippen molar-refractivity contribution in [1.29, 1.82) is 0 Å². The molecule has 0 saturated carbocycles. The molecule has 1 unspecified atom stereocenters. The number of benzene rings is 1. The van der Waals surface area contributed by atoms with E-state index in [1.807, 2.05) is 23.9 Å². The van der Waals surface area contributed by atoms with E-state index in [1.165, 1.54) is 12.1 Å². The van der Waals surface area contributed by atoms with Crippen molar-refractivity contribution in [1.82, 2.24) is 9.80 Å². The SMILES string of the molecule is CN(C)CCN(COc1cccc(C(=O)O)c1)C1CCS(=O)(=O)C1. The number of ether oxygens (including phenoxy) is 1. The van der Waals surface area contributed by atoms with Crippen LogP contribution >= 0.6 is 0 Å². The first-order valence-electron chi connectivity index (χ1n) is 7.82. The highest BCUT2D eigenvalue weighted by Gasteiger charge is 2.32. The molecule has 2 rings (SSSR count). The number of carboxylic acids is 1. The Bertz CT molecular complexity index is 675. The number of sulfone groups is 1. The van der Waals surface area contributed by atoms with E-state index < -0.39 is 15.8 Å². The minimum Gasteiger partial charge on any atom is -0.478 e. The molecule has 1 N–H and O–H groups in total. The number of carboxylic acid groups (broad SMARTS) is 1. The van der Waals surface area contributed by atoms with Gasteiger partial charge in [-0.3, -0.25) is 4.90 Å². The molecule has 134 valence electrons. The van der Waals surface area contributed by atoms with E-state index >= 15 is 0 Å². The van der Waals surface area contributed by atoms with Crippen molar-refractivity contribution >= 4 is 15.8 Å². The molecule has 1 aliphatic rings. The lowest BCUT2D eigenvalue weighted by molar-refractivity contribution is 0.0693. The van der Waals surface area contributed by atoms with Crippen molar-refractivity contribution in [2.24, 2.45) is 0 Å². The molecule has 0 aromatic heterocycles. The third-order valence-corrected chi connectivity index (χ3v) is 5.79. The molecule has 1 aromatic carbocycles. The molecule has 0 amide bonds. The molecule has 8 heteroatoms. The van der Waals surface area contributed by atoms with Crippen molar-refractivity contribution in [2.75, 3.05) is 45.4 Å². The maximum absolute atomic E-state index is 11.7. The Labute approximate surface area is 142 Å². The van der Waals surface area contributed by atoms with E-state index in [0.717, 1.165) is 6.54 Å². The van der Waals surface area contributed by atoms with Crippen LogP contribution in [-0.2, 0) is 9.84 Å². The maximum Gasteiger partial charge on any atom is 0.335 e. The number of aromatic carboxylic acids is 1. The van der Waals surface area contributed by atoms with Crippen molar-refractivity contribution in [2.45, 2.75) is 12.5 Å². The summed E-state index contributed by atoms with van der Waals surface area (Å²) in [6.45, 7) is 1.71. The van der Waals surface area contributed by atoms with Gasteiger partial charge in [-0.1, -0.05) is 6.07 Å². The van der Waals surface area contributed by atoms with Gasteiger partial charge in [-0.15, -0.1) is 0 Å². The van der Waals surface area contributed by atoms with Crippen molar-refractivity contribution in [3.8, 4) is 5.75 Å². The number of hydrogen-bond donors (Lipinski definition) is 1. The van der Waals surface area contributed by atoms with E-state index in [4.69, 9.17) is 9.84 Å². The highest BCUT2D eigenvalue weighted by atomic mass is 32.2. The summed E-state index contributed by atoms with van der Waals surface area (Å²) in [4.78, 5) is 15.1. The second-order valence-corrected chi connectivity index (χ2v) is 8.51. The Morgan fingerprint density at radius 1 is 1.33 bits per heavy atom. The van der Waals surface area contributed by atoms with Gasteiger partial charge < -0.3 is 14.7 Å². The summed E-state index contributed by atoms with van der Waals surface area (Å²) in [7, 11) is 0.950. The second-order valence-electron chi connectivity index (χ2n) is 6.28. The van der Waals surface area contributed by atoms with Crippen LogP contribution in [-0.4, -0.2) is 80.8 Å². The van der Waals surface area contributed by atoms with Gasteiger partial charge >= 0.3 is 5.97 Å². The molecule has 1 aromatic rings. The molecule has 0 bridgehead atoms. The highest BCUT2D eigenvalue weighted by molar-refractivity contribution is 7.91. The molecule has 0 aliphatic carbocycles. The molecule has 1 saturated heterocycles. The van der Waals surface area contributed by atoms with Gasteiger partial charge in [-0.2, -0.15) is 0 Å². The lowest BCUT2D eigenvalue weighted by Crippen LogP contribution is -2.42. The first-order valence-corrected chi connectivity index (χ1v) is 9.64. The summed E-state index contributed by atoms with van der Waals surface area (Å²) in [6.07, 6.45) is 0.605. The minimum atomic E-state index is -2.97. The largest absolute Gasteiger partial charge is 0.478 e. The maximum atomic E-state index is 11.7. The number of carbonyl (C=O) groups is 1. The van der Waals surface area contributed by atoms with Crippen molar-refractivity contribution in [3.05, 3.63) is 29.8 Å². The van der Waals surface area contributed by atoms with Crippen LogP contribution in [0.15, 0.2) is 24.3 Å². The Kier molecular flexibility index (Phi) is 6.20. The van der Waals surface area contributed by atoms with Crippen LogP contribution in [0.1, 0.15) is 16.8 Å². The lowest BCUT2D eigenvalue weighted by Gasteiger charge is -2.29. The zero-order valence-corrected chi connectivity index (χ0v) is 14.8. The monoisotopic (exact) mass is 356 g/mol. The van der Waals surface area contributed by atoms with E-state index in [2.05, 4.69) is 0 Å². The topological polar surface area (TPSA) is 87.2 Å². The van der Waals surface area contributed by atoms with Gasteiger partial charge in [0, 0.05) is 19.1 Å². The molecular formula is C16H24N2O5S. The Balaban J connectivity index is 2.02. The predicted octanol–water partition coefficient (Wildman–Crippen LogP) is 0.772. The fourth-order valence-electron chi connectivity index (χ4n) is 2.62. The first-order chi connectivity index (χ1) is 11.3. The van der Waals surface area contributed by atoms with E-state index in [-0.39, 0.29) is 29.8 Å². The number of hydrogen-bond acceptors (Lipinski definition) is 6. The van der Waals surface area contributed by atoms with E-state index in [0.29, 0.717) is 18.7 Å². The molecule has 1 atom stereocenters. The van der Waals surface area contributed by atoms with Gasteiger partial charge in [0.05, 0.1) is 17.1 Å². The van der Waals surface area contributed by atoms with Gasteiger partial charge in [0.1, 0.15) is 12.5 Å². The van der Waals surface area contributed by atoms with E-state index in [9.17, 15) is 13.2 Å². The first kappa shape index (κ1) is 18.7. The fraction of sp³-hybridized carbons (Fsp3) is 0.562. The van der Waals surface area contributed by atoms with Crippen LogP contribution in [0, 0.1) is 0 Å². The van der Waals surface area contributed by atoms with Crippen molar-refractivity contribution < 1.29 is 23.1 Å². The summed E-state index contributed by atoms with van der Waals surface area (Å²) in [5, 5.41) is 9.02. The third kappa shape index (κ3) is 5.47. The van der Waals surface area contributed by atoms with Crippen LogP contribution in [0.3, 0.4) is 0 Å². The number of nitrogens with zero attached hydrogens (tertiary/aromatic N) is 2. The quantitative estimate of drug-likeness (QED) is 0.689. The Hall–Kier alpha value is -1.64. The fourth-order valence-corrected chi connectivity index (χ4v) is 4.38. The van der Waals surface area contributed by atoms with Crippen LogP contribution in [0.4, 0.5) is 0 Å². The highest BCUT2D eigenvalue weighted by Crippen LogP contribution is 2.19. The molecule has 7 nitrogen and oxygen atoms in total. The average molecular weight is 356 g/mol. The predicted molar refractivity (Wildman–Crippen MR) is 91.2 cm³/mol. The van der Waals surface area contributed by atoms with E-state index in [1.54, 1.807) is 12.1 Å².